The molecule has 0 atom stereocenters. The van der Waals surface area contributed by atoms with E-state index in [1.807, 2.05) is 18.2 Å². The van der Waals surface area contributed by atoms with Gasteiger partial charge in [-0.15, -0.1) is 0 Å². The van der Waals surface area contributed by atoms with Crippen LogP contribution in [-0.4, -0.2) is 36.3 Å². The molecular weight excluding hydrogens is 364 g/mol. The van der Waals surface area contributed by atoms with Gasteiger partial charge in [0, 0.05) is 19.2 Å². The van der Waals surface area contributed by atoms with Crippen LogP contribution in [0, 0.1) is 17.6 Å². The molecule has 0 saturated carbocycles. The zero-order valence-corrected chi connectivity index (χ0v) is 15.5. The molecule has 148 valence electrons. The number of carbonyl (C=O) groups excluding carboxylic acids is 2. The SMILES string of the molecule is O=C(NCC1CCN(Cc2ccccc2)CC1)C(=O)Nc1cc(F)ccc1F. The summed E-state index contributed by atoms with van der Waals surface area (Å²) in [6, 6.07) is 12.9. The molecule has 7 heteroatoms. The Morgan fingerprint density at radius 1 is 1.00 bits per heavy atom. The lowest BCUT2D eigenvalue weighted by atomic mass is 9.96. The molecule has 5 nitrogen and oxygen atoms in total. The molecule has 3 rings (SSSR count). The number of amides is 2. The van der Waals surface area contributed by atoms with Crippen LogP contribution >= 0.6 is 0 Å². The van der Waals surface area contributed by atoms with Crippen molar-refractivity contribution < 1.29 is 18.4 Å². The minimum Gasteiger partial charge on any atom is -0.348 e. The second kappa shape index (κ2) is 9.41. The molecule has 0 unspecified atom stereocenters. The molecule has 2 N–H and O–H groups in total. The number of nitrogens with one attached hydrogen (secondary N) is 2. The van der Waals surface area contributed by atoms with Gasteiger partial charge in [-0.2, -0.15) is 0 Å². The van der Waals surface area contributed by atoms with Crippen LogP contribution in [0.25, 0.3) is 0 Å². The molecule has 1 aliphatic rings. The highest BCUT2D eigenvalue weighted by molar-refractivity contribution is 6.39. The molecule has 2 amide bonds. The van der Waals surface area contributed by atoms with Crippen molar-refractivity contribution in [2.45, 2.75) is 19.4 Å². The molecule has 0 bridgehead atoms. The number of benzene rings is 2. The number of likely N-dealkylation sites (tertiary alicyclic amines) is 1. The van der Waals surface area contributed by atoms with Gasteiger partial charge in [-0.1, -0.05) is 30.3 Å². The van der Waals surface area contributed by atoms with Gasteiger partial charge >= 0.3 is 11.8 Å². The zero-order chi connectivity index (χ0) is 19.9. The Morgan fingerprint density at radius 2 is 1.71 bits per heavy atom. The third kappa shape index (κ3) is 5.60. The Balaban J connectivity index is 1.40. The van der Waals surface area contributed by atoms with E-state index in [9.17, 15) is 18.4 Å². The van der Waals surface area contributed by atoms with E-state index in [4.69, 9.17) is 0 Å². The molecule has 1 saturated heterocycles. The van der Waals surface area contributed by atoms with Crippen LogP contribution in [-0.2, 0) is 16.1 Å². The number of carbonyl (C=O) groups is 2. The monoisotopic (exact) mass is 387 g/mol. The van der Waals surface area contributed by atoms with Crippen molar-refractivity contribution in [3.05, 3.63) is 65.7 Å². The first-order valence-corrected chi connectivity index (χ1v) is 9.32. The van der Waals surface area contributed by atoms with Crippen molar-refractivity contribution in [3.63, 3.8) is 0 Å². The second-order valence-corrected chi connectivity index (χ2v) is 6.99. The highest BCUT2D eigenvalue weighted by Crippen LogP contribution is 2.18. The Labute approximate surface area is 162 Å². The predicted molar refractivity (Wildman–Crippen MR) is 102 cm³/mol. The first-order valence-electron chi connectivity index (χ1n) is 9.32. The summed E-state index contributed by atoms with van der Waals surface area (Å²) in [4.78, 5) is 26.2. The summed E-state index contributed by atoms with van der Waals surface area (Å²) in [6.45, 7) is 3.14. The molecule has 1 fully saturated rings. The maximum absolute atomic E-state index is 13.5. The summed E-state index contributed by atoms with van der Waals surface area (Å²) in [5, 5.41) is 4.68. The first-order chi connectivity index (χ1) is 13.5. The van der Waals surface area contributed by atoms with Crippen LogP contribution in [0.1, 0.15) is 18.4 Å². The van der Waals surface area contributed by atoms with Gasteiger partial charge in [0.15, 0.2) is 0 Å². The van der Waals surface area contributed by atoms with Crippen LogP contribution in [0.2, 0.25) is 0 Å². The lowest BCUT2D eigenvalue weighted by Gasteiger charge is -2.32. The molecule has 0 aliphatic carbocycles. The van der Waals surface area contributed by atoms with Gasteiger partial charge in [-0.25, -0.2) is 8.78 Å². The number of hydrogen-bond donors (Lipinski definition) is 2. The number of rotatable bonds is 5. The van der Waals surface area contributed by atoms with Crippen molar-refractivity contribution >= 4 is 17.5 Å². The molecule has 0 aromatic heterocycles. The number of anilines is 1. The van der Waals surface area contributed by atoms with E-state index in [0.717, 1.165) is 50.7 Å². The Bertz CT molecular complexity index is 822. The minimum absolute atomic E-state index is 0.287. The largest absolute Gasteiger partial charge is 0.348 e. The first kappa shape index (κ1) is 19.9. The highest BCUT2D eigenvalue weighted by Gasteiger charge is 2.22. The van der Waals surface area contributed by atoms with Crippen molar-refractivity contribution in [1.82, 2.24) is 10.2 Å². The predicted octanol–water partition coefficient (Wildman–Crippen LogP) is 2.93. The summed E-state index contributed by atoms with van der Waals surface area (Å²) in [5.74, 6) is -3.07. The molecular formula is C21H23F2N3O2. The van der Waals surface area contributed by atoms with E-state index in [0.29, 0.717) is 6.54 Å². The van der Waals surface area contributed by atoms with Crippen LogP contribution in [0.4, 0.5) is 14.5 Å². The smallest absolute Gasteiger partial charge is 0.313 e. The van der Waals surface area contributed by atoms with Crippen molar-refractivity contribution in [3.8, 4) is 0 Å². The van der Waals surface area contributed by atoms with Gasteiger partial charge in [0.1, 0.15) is 11.6 Å². The fourth-order valence-corrected chi connectivity index (χ4v) is 3.28. The Kier molecular flexibility index (Phi) is 6.71. The van der Waals surface area contributed by atoms with Crippen LogP contribution in [0.5, 0.6) is 0 Å². The fraction of sp³-hybridized carbons (Fsp3) is 0.333. The second-order valence-electron chi connectivity index (χ2n) is 6.99. The summed E-state index contributed by atoms with van der Waals surface area (Å²) in [7, 11) is 0. The van der Waals surface area contributed by atoms with Gasteiger partial charge in [-0.3, -0.25) is 14.5 Å². The number of piperidine rings is 1. The van der Waals surface area contributed by atoms with E-state index in [2.05, 4.69) is 27.7 Å². The lowest BCUT2D eigenvalue weighted by Crippen LogP contribution is -2.41. The van der Waals surface area contributed by atoms with Crippen LogP contribution in [0.3, 0.4) is 0 Å². The average molecular weight is 387 g/mol. The Hall–Kier alpha value is -2.80. The molecule has 1 heterocycles. The van der Waals surface area contributed by atoms with E-state index in [-0.39, 0.29) is 11.6 Å². The maximum Gasteiger partial charge on any atom is 0.313 e. The minimum atomic E-state index is -1.01. The normalized spacial score (nSPS) is 15.2. The Morgan fingerprint density at radius 3 is 2.43 bits per heavy atom. The molecule has 2 aromatic carbocycles. The quantitative estimate of drug-likeness (QED) is 0.776. The van der Waals surface area contributed by atoms with Crippen molar-refractivity contribution in [2.75, 3.05) is 25.0 Å². The molecule has 0 radical (unpaired) electrons. The van der Waals surface area contributed by atoms with Gasteiger partial charge in [-0.05, 0) is 49.5 Å². The van der Waals surface area contributed by atoms with E-state index >= 15 is 0 Å². The van der Waals surface area contributed by atoms with Crippen LogP contribution in [0.15, 0.2) is 48.5 Å². The van der Waals surface area contributed by atoms with Gasteiger partial charge in [0.25, 0.3) is 0 Å². The number of halogens is 2. The summed E-state index contributed by atoms with van der Waals surface area (Å²) in [5.41, 5.74) is 0.921. The summed E-state index contributed by atoms with van der Waals surface area (Å²) in [6.07, 6.45) is 1.85. The van der Waals surface area contributed by atoms with Crippen molar-refractivity contribution in [2.24, 2.45) is 5.92 Å². The number of hydrogen-bond acceptors (Lipinski definition) is 3. The third-order valence-corrected chi connectivity index (χ3v) is 4.89. The molecule has 2 aromatic rings. The fourth-order valence-electron chi connectivity index (χ4n) is 3.28. The topological polar surface area (TPSA) is 61.4 Å². The third-order valence-electron chi connectivity index (χ3n) is 4.89. The number of nitrogens with zero attached hydrogens (tertiary/aromatic N) is 1. The molecule has 28 heavy (non-hydrogen) atoms. The van der Waals surface area contributed by atoms with Crippen molar-refractivity contribution in [1.29, 1.82) is 0 Å². The highest BCUT2D eigenvalue weighted by atomic mass is 19.1. The standard InChI is InChI=1S/C21H23F2N3O2/c22-17-6-7-18(23)19(12-17)25-21(28)20(27)24-13-15-8-10-26(11-9-15)14-16-4-2-1-3-5-16/h1-7,12,15H,8-11,13-14H2,(H,24,27)(H,25,28). The van der Waals surface area contributed by atoms with Gasteiger partial charge in [0.05, 0.1) is 5.69 Å². The summed E-state index contributed by atoms with van der Waals surface area (Å²) < 4.78 is 26.7. The molecule has 1 aliphatic heterocycles. The maximum atomic E-state index is 13.5. The molecule has 0 spiro atoms. The van der Waals surface area contributed by atoms with Gasteiger partial charge in [0.2, 0.25) is 0 Å². The lowest BCUT2D eigenvalue weighted by molar-refractivity contribution is -0.136. The summed E-state index contributed by atoms with van der Waals surface area (Å²) >= 11 is 0. The average Bonchev–Trinajstić information content (AvgIpc) is 2.70. The van der Waals surface area contributed by atoms with E-state index in [1.165, 1.54) is 5.56 Å². The van der Waals surface area contributed by atoms with E-state index < -0.39 is 23.4 Å². The van der Waals surface area contributed by atoms with Gasteiger partial charge < -0.3 is 10.6 Å². The zero-order valence-electron chi connectivity index (χ0n) is 15.5. The van der Waals surface area contributed by atoms with Crippen LogP contribution < -0.4 is 10.6 Å². The van der Waals surface area contributed by atoms with E-state index in [1.54, 1.807) is 0 Å².